The summed E-state index contributed by atoms with van der Waals surface area (Å²) in [5.41, 5.74) is 0. The van der Waals surface area contributed by atoms with Crippen LogP contribution in [0.4, 0.5) is 0 Å². The van der Waals surface area contributed by atoms with Crippen LogP contribution in [-0.4, -0.2) is 33.0 Å². The number of hydrogen-bond donors (Lipinski definition) is 1. The Morgan fingerprint density at radius 1 is 1.07 bits per heavy atom. The van der Waals surface area contributed by atoms with E-state index in [1.807, 2.05) is 0 Å². The van der Waals surface area contributed by atoms with Gasteiger partial charge in [-0.25, -0.2) is 8.42 Å². The van der Waals surface area contributed by atoms with Gasteiger partial charge in [0.05, 0.1) is 11.5 Å². The topological polar surface area (TPSA) is 46.2 Å². The van der Waals surface area contributed by atoms with Crippen LogP contribution in [0.3, 0.4) is 0 Å². The van der Waals surface area contributed by atoms with Gasteiger partial charge in [-0.3, -0.25) is 0 Å². The Morgan fingerprint density at radius 2 is 1.73 bits per heavy atom. The molecule has 2 unspecified atom stereocenters. The lowest BCUT2D eigenvalue weighted by Crippen LogP contribution is -2.40. The van der Waals surface area contributed by atoms with Crippen LogP contribution in [-0.2, 0) is 9.84 Å². The molecule has 2 heterocycles. The molecule has 2 aliphatic heterocycles. The van der Waals surface area contributed by atoms with Crippen LogP contribution in [0.2, 0.25) is 0 Å². The van der Waals surface area contributed by atoms with Gasteiger partial charge >= 0.3 is 0 Å². The van der Waals surface area contributed by atoms with Crippen molar-refractivity contribution in [3.8, 4) is 0 Å². The average Bonchev–Trinajstić information content (AvgIpc) is 2.17. The van der Waals surface area contributed by atoms with E-state index in [0.717, 1.165) is 31.8 Å². The van der Waals surface area contributed by atoms with Crippen molar-refractivity contribution in [2.24, 2.45) is 17.8 Å². The van der Waals surface area contributed by atoms with Gasteiger partial charge in [-0.15, -0.1) is 0 Å². The number of nitrogens with one attached hydrogen (secondary N) is 1. The van der Waals surface area contributed by atoms with Crippen molar-refractivity contribution in [3.63, 3.8) is 0 Å². The van der Waals surface area contributed by atoms with Crippen molar-refractivity contribution >= 4 is 9.84 Å². The van der Waals surface area contributed by atoms with Gasteiger partial charge in [0.15, 0.2) is 0 Å². The molecule has 0 aromatic carbocycles. The van der Waals surface area contributed by atoms with Gasteiger partial charge in [0, 0.05) is 0 Å². The number of sulfone groups is 1. The molecule has 2 saturated heterocycles. The zero-order valence-electron chi connectivity index (χ0n) is 9.41. The summed E-state index contributed by atoms with van der Waals surface area (Å²) in [7, 11) is -2.69. The SMILES string of the molecule is CC1CNCC(C2CCS(=O)(=O)CC2)C1. The van der Waals surface area contributed by atoms with Gasteiger partial charge in [0.2, 0.25) is 0 Å². The highest BCUT2D eigenvalue weighted by molar-refractivity contribution is 7.91. The summed E-state index contributed by atoms with van der Waals surface area (Å²) < 4.78 is 22.7. The molecule has 4 heteroatoms. The number of piperidine rings is 1. The highest BCUT2D eigenvalue weighted by Crippen LogP contribution is 2.31. The lowest BCUT2D eigenvalue weighted by atomic mass is 9.79. The summed E-state index contributed by atoms with van der Waals surface area (Å²) in [6.45, 7) is 4.50. The first-order valence-electron chi connectivity index (χ1n) is 5.98. The molecule has 0 spiro atoms. The number of rotatable bonds is 1. The van der Waals surface area contributed by atoms with Crippen LogP contribution < -0.4 is 5.32 Å². The van der Waals surface area contributed by atoms with Crippen molar-refractivity contribution in [2.45, 2.75) is 26.2 Å². The molecule has 0 amide bonds. The third kappa shape index (κ3) is 2.94. The molecule has 0 aliphatic carbocycles. The zero-order chi connectivity index (χ0) is 10.9. The second kappa shape index (κ2) is 4.42. The Kier molecular flexibility index (Phi) is 3.36. The van der Waals surface area contributed by atoms with Gasteiger partial charge < -0.3 is 5.32 Å². The second-order valence-corrected chi connectivity index (χ2v) is 7.55. The van der Waals surface area contributed by atoms with Crippen molar-refractivity contribution in [1.82, 2.24) is 5.32 Å². The smallest absolute Gasteiger partial charge is 0.150 e. The summed E-state index contributed by atoms with van der Waals surface area (Å²) in [6, 6.07) is 0. The Balaban J connectivity index is 1.90. The number of hydrogen-bond acceptors (Lipinski definition) is 3. The van der Waals surface area contributed by atoms with Gasteiger partial charge in [0.1, 0.15) is 9.84 Å². The Morgan fingerprint density at radius 3 is 2.33 bits per heavy atom. The van der Waals surface area contributed by atoms with Gasteiger partial charge in [-0.1, -0.05) is 6.92 Å². The van der Waals surface area contributed by atoms with Crippen LogP contribution in [0.5, 0.6) is 0 Å². The largest absolute Gasteiger partial charge is 0.316 e. The first-order chi connectivity index (χ1) is 7.07. The first kappa shape index (κ1) is 11.4. The molecule has 88 valence electrons. The lowest BCUT2D eigenvalue weighted by Gasteiger charge is -2.35. The quantitative estimate of drug-likeness (QED) is 0.734. The van der Waals surface area contributed by atoms with Crippen molar-refractivity contribution in [1.29, 1.82) is 0 Å². The fourth-order valence-electron chi connectivity index (χ4n) is 2.94. The van der Waals surface area contributed by atoms with E-state index in [-0.39, 0.29) is 0 Å². The third-order valence-corrected chi connectivity index (χ3v) is 5.59. The van der Waals surface area contributed by atoms with Crippen molar-refractivity contribution in [2.75, 3.05) is 24.6 Å². The van der Waals surface area contributed by atoms with E-state index >= 15 is 0 Å². The molecular formula is C11H21NO2S. The highest BCUT2D eigenvalue weighted by atomic mass is 32.2. The average molecular weight is 231 g/mol. The molecule has 1 N–H and O–H groups in total. The van der Waals surface area contributed by atoms with E-state index < -0.39 is 9.84 Å². The van der Waals surface area contributed by atoms with Crippen LogP contribution in [0.15, 0.2) is 0 Å². The fourth-order valence-corrected chi connectivity index (χ4v) is 4.47. The minimum Gasteiger partial charge on any atom is -0.316 e. The fraction of sp³-hybridized carbons (Fsp3) is 1.00. The van der Waals surface area contributed by atoms with Gasteiger partial charge in [0.25, 0.3) is 0 Å². The molecule has 3 nitrogen and oxygen atoms in total. The maximum Gasteiger partial charge on any atom is 0.150 e. The molecule has 0 bridgehead atoms. The van der Waals surface area contributed by atoms with Crippen LogP contribution in [0, 0.1) is 17.8 Å². The minimum atomic E-state index is -2.69. The molecule has 2 aliphatic rings. The molecule has 2 rings (SSSR count). The van der Waals surface area contributed by atoms with E-state index in [4.69, 9.17) is 0 Å². The van der Waals surface area contributed by atoms with Crippen molar-refractivity contribution in [3.05, 3.63) is 0 Å². The summed E-state index contributed by atoms with van der Waals surface area (Å²) in [5.74, 6) is 2.95. The van der Waals surface area contributed by atoms with Crippen LogP contribution in [0.25, 0.3) is 0 Å². The predicted molar refractivity (Wildman–Crippen MR) is 61.5 cm³/mol. The molecule has 0 saturated carbocycles. The molecule has 0 radical (unpaired) electrons. The Bertz CT molecular complexity index is 299. The maximum absolute atomic E-state index is 11.3. The summed E-state index contributed by atoms with van der Waals surface area (Å²) in [6.07, 6.45) is 3.06. The van der Waals surface area contributed by atoms with E-state index in [1.165, 1.54) is 6.42 Å². The third-order valence-electron chi connectivity index (χ3n) is 3.87. The maximum atomic E-state index is 11.3. The first-order valence-corrected chi connectivity index (χ1v) is 7.80. The summed E-state index contributed by atoms with van der Waals surface area (Å²) in [4.78, 5) is 0. The van der Waals surface area contributed by atoms with E-state index in [1.54, 1.807) is 0 Å². The monoisotopic (exact) mass is 231 g/mol. The van der Waals surface area contributed by atoms with Gasteiger partial charge in [-0.05, 0) is 50.1 Å². The minimum absolute atomic E-state index is 0.419. The van der Waals surface area contributed by atoms with E-state index in [0.29, 0.717) is 23.3 Å². The van der Waals surface area contributed by atoms with Crippen LogP contribution >= 0.6 is 0 Å². The molecular weight excluding hydrogens is 210 g/mol. The van der Waals surface area contributed by atoms with Gasteiger partial charge in [-0.2, -0.15) is 0 Å². The standard InChI is InChI=1S/C11H21NO2S/c1-9-6-11(8-12-7-9)10-2-4-15(13,14)5-3-10/h9-12H,2-8H2,1H3. The predicted octanol–water partition coefficient (Wildman–Crippen LogP) is 1.06. The van der Waals surface area contributed by atoms with E-state index in [2.05, 4.69) is 12.2 Å². The van der Waals surface area contributed by atoms with Crippen LogP contribution in [0.1, 0.15) is 26.2 Å². The van der Waals surface area contributed by atoms with Crippen molar-refractivity contribution < 1.29 is 8.42 Å². The molecule has 0 aromatic heterocycles. The second-order valence-electron chi connectivity index (χ2n) is 5.25. The van der Waals surface area contributed by atoms with E-state index in [9.17, 15) is 8.42 Å². The lowest BCUT2D eigenvalue weighted by molar-refractivity contribution is 0.209. The summed E-state index contributed by atoms with van der Waals surface area (Å²) in [5, 5.41) is 3.45. The molecule has 15 heavy (non-hydrogen) atoms. The molecule has 2 fully saturated rings. The molecule has 0 aromatic rings. The Labute approximate surface area is 92.6 Å². The zero-order valence-corrected chi connectivity index (χ0v) is 10.2. The normalized spacial score (nSPS) is 37.7. The highest BCUT2D eigenvalue weighted by Gasteiger charge is 2.31. The molecule has 2 atom stereocenters. The summed E-state index contributed by atoms with van der Waals surface area (Å²) >= 11 is 0. The Hall–Kier alpha value is -0.0900.